The Morgan fingerprint density at radius 2 is 1.80 bits per heavy atom. The number of aromatic nitrogens is 5. The van der Waals surface area contributed by atoms with Crippen LogP contribution in [0.2, 0.25) is 0 Å². The van der Waals surface area contributed by atoms with Crippen molar-refractivity contribution in [3.8, 4) is 11.1 Å². The van der Waals surface area contributed by atoms with Crippen LogP contribution >= 0.6 is 0 Å². The third-order valence-electron chi connectivity index (χ3n) is 5.94. The highest BCUT2D eigenvalue weighted by Gasteiger charge is 2.23. The summed E-state index contributed by atoms with van der Waals surface area (Å²) >= 11 is 0. The molecular formula is C24H20N6. The quantitative estimate of drug-likeness (QED) is 0.440. The zero-order chi connectivity index (χ0) is 20.2. The van der Waals surface area contributed by atoms with Crippen molar-refractivity contribution in [2.24, 2.45) is 7.05 Å². The van der Waals surface area contributed by atoms with Crippen molar-refractivity contribution in [2.75, 3.05) is 11.4 Å². The van der Waals surface area contributed by atoms with Gasteiger partial charge in [0.1, 0.15) is 17.7 Å². The molecule has 0 aliphatic carbocycles. The van der Waals surface area contributed by atoms with Gasteiger partial charge in [-0.2, -0.15) is 5.10 Å². The second-order valence-corrected chi connectivity index (χ2v) is 7.86. The Balaban J connectivity index is 1.52. The lowest BCUT2D eigenvalue weighted by atomic mass is 10.0. The van der Waals surface area contributed by atoms with Crippen LogP contribution in [0.1, 0.15) is 11.1 Å². The number of nitrogens with zero attached hydrogens (tertiary/aromatic N) is 6. The first-order chi connectivity index (χ1) is 14.7. The van der Waals surface area contributed by atoms with Gasteiger partial charge in [-0.3, -0.25) is 9.67 Å². The maximum absolute atomic E-state index is 4.69. The van der Waals surface area contributed by atoms with Crippen LogP contribution in [0.25, 0.3) is 33.1 Å². The van der Waals surface area contributed by atoms with Gasteiger partial charge in [0, 0.05) is 36.4 Å². The van der Waals surface area contributed by atoms with Gasteiger partial charge < -0.3 is 4.90 Å². The van der Waals surface area contributed by atoms with Crippen molar-refractivity contribution in [2.45, 2.75) is 13.3 Å². The summed E-state index contributed by atoms with van der Waals surface area (Å²) in [6.45, 7) is 3.06. The van der Waals surface area contributed by atoms with Gasteiger partial charge in [-0.05, 0) is 54.3 Å². The van der Waals surface area contributed by atoms with Gasteiger partial charge in [0.05, 0.1) is 17.2 Å². The molecule has 0 spiro atoms. The van der Waals surface area contributed by atoms with Gasteiger partial charge in [0.2, 0.25) is 0 Å². The fourth-order valence-corrected chi connectivity index (χ4v) is 4.33. The molecule has 0 unspecified atom stereocenters. The molecule has 3 aromatic heterocycles. The molecule has 1 aliphatic heterocycles. The summed E-state index contributed by atoms with van der Waals surface area (Å²) in [5.41, 5.74) is 8.89. The van der Waals surface area contributed by atoms with E-state index in [9.17, 15) is 0 Å². The van der Waals surface area contributed by atoms with E-state index in [1.165, 1.54) is 16.8 Å². The van der Waals surface area contributed by atoms with Gasteiger partial charge in [0.15, 0.2) is 0 Å². The summed E-state index contributed by atoms with van der Waals surface area (Å²) < 4.78 is 1.85. The fourth-order valence-electron chi connectivity index (χ4n) is 4.33. The van der Waals surface area contributed by atoms with Gasteiger partial charge in [0.25, 0.3) is 0 Å². The second kappa shape index (κ2) is 6.35. The van der Waals surface area contributed by atoms with Crippen LogP contribution in [-0.2, 0) is 13.5 Å². The molecule has 6 rings (SSSR count). The Bertz CT molecular complexity index is 1430. The van der Waals surface area contributed by atoms with Crippen LogP contribution < -0.4 is 4.90 Å². The average Bonchev–Trinajstić information content (AvgIpc) is 3.36. The molecule has 2 aromatic carbocycles. The van der Waals surface area contributed by atoms with E-state index in [4.69, 9.17) is 4.98 Å². The molecule has 30 heavy (non-hydrogen) atoms. The monoisotopic (exact) mass is 392 g/mol. The first kappa shape index (κ1) is 17.1. The fraction of sp³-hybridized carbons (Fsp3) is 0.167. The lowest BCUT2D eigenvalue weighted by Crippen LogP contribution is -2.15. The normalized spacial score (nSPS) is 13.3. The van der Waals surface area contributed by atoms with Crippen molar-refractivity contribution >= 4 is 33.4 Å². The molecule has 0 saturated heterocycles. The zero-order valence-corrected chi connectivity index (χ0v) is 16.9. The Kier molecular flexibility index (Phi) is 3.62. The lowest BCUT2D eigenvalue weighted by molar-refractivity contribution is 0.797. The molecule has 0 fully saturated rings. The lowest BCUT2D eigenvalue weighted by Gasteiger charge is -2.20. The van der Waals surface area contributed by atoms with Crippen molar-refractivity contribution in [3.63, 3.8) is 0 Å². The molecule has 5 aromatic rings. The minimum absolute atomic E-state index is 0.898. The van der Waals surface area contributed by atoms with Gasteiger partial charge in [-0.15, -0.1) is 0 Å². The topological polar surface area (TPSA) is 59.7 Å². The van der Waals surface area contributed by atoms with Crippen LogP contribution in [0.3, 0.4) is 0 Å². The van der Waals surface area contributed by atoms with E-state index >= 15 is 0 Å². The van der Waals surface area contributed by atoms with E-state index in [1.54, 1.807) is 12.5 Å². The summed E-state index contributed by atoms with van der Waals surface area (Å²) in [6.07, 6.45) is 6.39. The Morgan fingerprint density at radius 3 is 2.73 bits per heavy atom. The number of hydrogen-bond acceptors (Lipinski definition) is 5. The minimum Gasteiger partial charge on any atom is -0.325 e. The summed E-state index contributed by atoms with van der Waals surface area (Å²) in [5, 5.41) is 5.35. The summed E-state index contributed by atoms with van der Waals surface area (Å²) in [5.74, 6) is 0.959. The first-order valence-electron chi connectivity index (χ1n) is 10.1. The SMILES string of the molecule is Cc1ccc2c(c1)N(c1ncnc3ccc(-c4cnc5cnn(C)c5c4)cc13)CC2. The molecule has 6 heteroatoms. The molecule has 0 radical (unpaired) electrons. The smallest absolute Gasteiger partial charge is 0.144 e. The van der Waals surface area contributed by atoms with Crippen LogP contribution in [0.4, 0.5) is 11.5 Å². The molecule has 0 amide bonds. The number of rotatable bonds is 2. The molecule has 0 bridgehead atoms. The molecule has 146 valence electrons. The van der Waals surface area contributed by atoms with Gasteiger partial charge >= 0.3 is 0 Å². The molecule has 6 nitrogen and oxygen atoms in total. The number of fused-ring (bicyclic) bond motifs is 3. The molecule has 4 heterocycles. The van der Waals surface area contributed by atoms with Crippen molar-refractivity contribution in [1.82, 2.24) is 24.7 Å². The third-order valence-corrected chi connectivity index (χ3v) is 5.94. The van der Waals surface area contributed by atoms with E-state index in [0.29, 0.717) is 0 Å². The van der Waals surface area contributed by atoms with Crippen molar-refractivity contribution < 1.29 is 0 Å². The average molecular weight is 392 g/mol. The highest BCUT2D eigenvalue weighted by molar-refractivity contribution is 5.95. The highest BCUT2D eigenvalue weighted by atomic mass is 15.3. The number of benzene rings is 2. The maximum atomic E-state index is 4.69. The van der Waals surface area contributed by atoms with E-state index in [2.05, 4.69) is 69.4 Å². The standard InChI is InChI=1S/C24H20N6/c1-15-3-4-16-7-8-30(22(16)9-15)24-19-10-17(5-6-20(19)26-14-27-24)18-11-23-21(25-12-18)13-28-29(23)2/h3-6,9-14H,7-8H2,1-2H3. The summed E-state index contributed by atoms with van der Waals surface area (Å²) in [4.78, 5) is 16.1. The van der Waals surface area contributed by atoms with E-state index in [0.717, 1.165) is 51.8 Å². The third kappa shape index (κ3) is 2.57. The number of anilines is 2. The van der Waals surface area contributed by atoms with E-state index in [1.807, 2.05) is 17.9 Å². The Labute approximate surface area is 173 Å². The zero-order valence-electron chi connectivity index (χ0n) is 16.9. The van der Waals surface area contributed by atoms with Crippen LogP contribution in [-0.4, -0.2) is 31.3 Å². The van der Waals surface area contributed by atoms with Crippen LogP contribution in [0.5, 0.6) is 0 Å². The maximum Gasteiger partial charge on any atom is 0.144 e. The van der Waals surface area contributed by atoms with Gasteiger partial charge in [-0.25, -0.2) is 9.97 Å². The predicted octanol–water partition coefficient (Wildman–Crippen LogP) is 4.58. The molecule has 0 atom stereocenters. The number of pyridine rings is 1. The minimum atomic E-state index is 0.898. The highest BCUT2D eigenvalue weighted by Crippen LogP contribution is 2.38. The number of aryl methyl sites for hydroxylation is 2. The summed E-state index contributed by atoms with van der Waals surface area (Å²) in [7, 11) is 1.94. The largest absolute Gasteiger partial charge is 0.325 e. The second-order valence-electron chi connectivity index (χ2n) is 7.86. The molecule has 0 N–H and O–H groups in total. The Morgan fingerprint density at radius 1 is 0.867 bits per heavy atom. The van der Waals surface area contributed by atoms with Crippen molar-refractivity contribution in [3.05, 3.63) is 72.3 Å². The van der Waals surface area contributed by atoms with E-state index < -0.39 is 0 Å². The summed E-state index contributed by atoms with van der Waals surface area (Å²) in [6, 6.07) is 15.1. The van der Waals surface area contributed by atoms with Crippen molar-refractivity contribution in [1.29, 1.82) is 0 Å². The molecular weight excluding hydrogens is 372 g/mol. The van der Waals surface area contributed by atoms with E-state index in [-0.39, 0.29) is 0 Å². The Hall–Kier alpha value is -3.80. The van der Waals surface area contributed by atoms with Crippen LogP contribution in [0.15, 0.2) is 61.2 Å². The number of hydrogen-bond donors (Lipinski definition) is 0. The van der Waals surface area contributed by atoms with Crippen LogP contribution in [0, 0.1) is 6.92 Å². The predicted molar refractivity (Wildman–Crippen MR) is 119 cm³/mol. The first-order valence-corrected chi connectivity index (χ1v) is 10.1. The van der Waals surface area contributed by atoms with Gasteiger partial charge in [-0.1, -0.05) is 18.2 Å². The molecule has 1 aliphatic rings. The molecule has 0 saturated carbocycles.